The molecule has 0 bridgehead atoms. The van der Waals surface area contributed by atoms with E-state index < -0.39 is 0 Å². The van der Waals surface area contributed by atoms with Crippen molar-refractivity contribution in [1.82, 2.24) is 25.4 Å². The Morgan fingerprint density at radius 3 is 2.41 bits per heavy atom. The molecular formula is C21H34N6. The second-order valence-corrected chi connectivity index (χ2v) is 7.37. The molecule has 1 heterocycles. The molecule has 1 atom stereocenters. The molecule has 2 N–H and O–H groups in total. The van der Waals surface area contributed by atoms with Gasteiger partial charge in [-0.25, -0.2) is 0 Å². The van der Waals surface area contributed by atoms with Gasteiger partial charge in [-0.2, -0.15) is 0 Å². The zero-order valence-corrected chi connectivity index (χ0v) is 17.2. The highest BCUT2D eigenvalue weighted by Crippen LogP contribution is 2.15. The molecule has 148 valence electrons. The number of aromatic nitrogens is 3. The van der Waals surface area contributed by atoms with Crippen LogP contribution in [0.3, 0.4) is 0 Å². The minimum atomic E-state index is 0.216. The SMILES string of the molecule is CCNC(=NCCCCn1cnnc1)NC(C)c1ccc(CC(C)C)cc1. The van der Waals surface area contributed by atoms with Gasteiger partial charge >= 0.3 is 0 Å². The molecule has 6 heteroatoms. The summed E-state index contributed by atoms with van der Waals surface area (Å²) in [6.45, 7) is 11.4. The van der Waals surface area contributed by atoms with E-state index in [2.05, 4.69) is 72.8 Å². The van der Waals surface area contributed by atoms with Gasteiger partial charge < -0.3 is 15.2 Å². The highest BCUT2D eigenvalue weighted by atomic mass is 15.2. The number of guanidine groups is 1. The zero-order chi connectivity index (χ0) is 19.5. The zero-order valence-electron chi connectivity index (χ0n) is 17.2. The van der Waals surface area contributed by atoms with Gasteiger partial charge in [0.1, 0.15) is 12.7 Å². The van der Waals surface area contributed by atoms with Gasteiger partial charge in [0.2, 0.25) is 0 Å². The third-order valence-electron chi connectivity index (χ3n) is 4.38. The summed E-state index contributed by atoms with van der Waals surface area (Å²) in [7, 11) is 0. The number of nitrogens with zero attached hydrogens (tertiary/aromatic N) is 4. The molecule has 2 rings (SSSR count). The molecule has 1 aromatic carbocycles. The van der Waals surface area contributed by atoms with Crippen molar-refractivity contribution in [3.05, 3.63) is 48.0 Å². The van der Waals surface area contributed by atoms with Gasteiger partial charge in [0.25, 0.3) is 0 Å². The minimum absolute atomic E-state index is 0.216. The molecule has 2 aromatic rings. The maximum Gasteiger partial charge on any atom is 0.191 e. The Bertz CT molecular complexity index is 660. The van der Waals surface area contributed by atoms with Crippen LogP contribution in [0, 0.1) is 5.92 Å². The molecule has 0 aliphatic carbocycles. The van der Waals surface area contributed by atoms with Gasteiger partial charge in [-0.1, -0.05) is 38.1 Å². The molecule has 1 unspecified atom stereocenters. The summed E-state index contributed by atoms with van der Waals surface area (Å²) in [5.74, 6) is 1.56. The largest absolute Gasteiger partial charge is 0.357 e. The van der Waals surface area contributed by atoms with E-state index in [0.717, 1.165) is 44.9 Å². The quantitative estimate of drug-likeness (QED) is 0.381. The van der Waals surface area contributed by atoms with Crippen LogP contribution in [0.5, 0.6) is 0 Å². The maximum absolute atomic E-state index is 4.71. The first kappa shape index (κ1) is 20.9. The molecule has 1 aromatic heterocycles. The normalized spacial score (nSPS) is 13.0. The summed E-state index contributed by atoms with van der Waals surface area (Å²) in [5, 5.41) is 14.5. The molecular weight excluding hydrogens is 336 g/mol. The van der Waals surface area contributed by atoms with Crippen LogP contribution in [-0.4, -0.2) is 33.8 Å². The van der Waals surface area contributed by atoms with E-state index >= 15 is 0 Å². The number of unbranched alkanes of at least 4 members (excludes halogenated alkanes) is 1. The number of rotatable bonds is 10. The van der Waals surface area contributed by atoms with Gasteiger partial charge in [-0.15, -0.1) is 10.2 Å². The van der Waals surface area contributed by atoms with E-state index in [1.807, 2.05) is 4.57 Å². The van der Waals surface area contributed by atoms with Crippen molar-refractivity contribution in [2.75, 3.05) is 13.1 Å². The second-order valence-electron chi connectivity index (χ2n) is 7.37. The van der Waals surface area contributed by atoms with Crippen LogP contribution in [0.1, 0.15) is 57.7 Å². The summed E-state index contributed by atoms with van der Waals surface area (Å²) < 4.78 is 2.00. The van der Waals surface area contributed by atoms with Crippen LogP contribution in [0.15, 0.2) is 41.9 Å². The molecule has 0 aliphatic rings. The third kappa shape index (κ3) is 7.81. The fourth-order valence-corrected chi connectivity index (χ4v) is 2.96. The smallest absolute Gasteiger partial charge is 0.191 e. The lowest BCUT2D eigenvalue weighted by atomic mass is 10.00. The lowest BCUT2D eigenvalue weighted by molar-refractivity contribution is 0.609. The Kier molecular flexibility index (Phi) is 8.81. The number of nitrogens with one attached hydrogen (secondary N) is 2. The molecule has 0 radical (unpaired) electrons. The number of benzene rings is 1. The van der Waals surface area contributed by atoms with E-state index in [0.29, 0.717) is 5.92 Å². The van der Waals surface area contributed by atoms with Gasteiger partial charge in [-0.05, 0) is 50.2 Å². The monoisotopic (exact) mass is 370 g/mol. The highest BCUT2D eigenvalue weighted by Gasteiger charge is 2.08. The van der Waals surface area contributed by atoms with Crippen LogP contribution >= 0.6 is 0 Å². The van der Waals surface area contributed by atoms with E-state index in [4.69, 9.17) is 4.99 Å². The molecule has 6 nitrogen and oxygen atoms in total. The van der Waals surface area contributed by atoms with Crippen LogP contribution in [0.25, 0.3) is 0 Å². The molecule has 0 aliphatic heterocycles. The van der Waals surface area contributed by atoms with Crippen LogP contribution in [0.2, 0.25) is 0 Å². The number of aryl methyl sites for hydroxylation is 1. The standard InChI is InChI=1S/C21H34N6/c1-5-22-21(23-12-6-7-13-27-15-24-25-16-27)26-18(4)20-10-8-19(9-11-20)14-17(2)3/h8-11,15-18H,5-7,12-14H2,1-4H3,(H2,22,23,26). The molecule has 27 heavy (non-hydrogen) atoms. The van der Waals surface area contributed by atoms with Crippen LogP contribution < -0.4 is 10.6 Å². The van der Waals surface area contributed by atoms with Gasteiger partial charge in [0, 0.05) is 19.6 Å². The Labute approximate surface area is 163 Å². The molecule has 0 amide bonds. The summed E-state index contributed by atoms with van der Waals surface area (Å²) in [6.07, 6.45) is 6.73. The van der Waals surface area contributed by atoms with Crippen molar-refractivity contribution in [1.29, 1.82) is 0 Å². The van der Waals surface area contributed by atoms with Gasteiger partial charge in [0.15, 0.2) is 5.96 Å². The lowest BCUT2D eigenvalue weighted by Crippen LogP contribution is -2.38. The van der Waals surface area contributed by atoms with Gasteiger partial charge in [-0.3, -0.25) is 4.99 Å². The second kappa shape index (κ2) is 11.4. The van der Waals surface area contributed by atoms with E-state index in [-0.39, 0.29) is 6.04 Å². The van der Waals surface area contributed by atoms with E-state index in [1.54, 1.807) is 12.7 Å². The minimum Gasteiger partial charge on any atom is -0.357 e. The first-order valence-electron chi connectivity index (χ1n) is 10.0. The van der Waals surface area contributed by atoms with Crippen molar-refractivity contribution in [3.8, 4) is 0 Å². The molecule has 0 spiro atoms. The maximum atomic E-state index is 4.71. The molecule has 0 fully saturated rings. The van der Waals surface area contributed by atoms with Gasteiger partial charge in [0.05, 0.1) is 6.04 Å². The van der Waals surface area contributed by atoms with Crippen molar-refractivity contribution in [2.45, 2.75) is 59.5 Å². The van der Waals surface area contributed by atoms with Crippen molar-refractivity contribution in [3.63, 3.8) is 0 Å². The number of hydrogen-bond donors (Lipinski definition) is 2. The van der Waals surface area contributed by atoms with Crippen LogP contribution in [-0.2, 0) is 13.0 Å². The summed E-state index contributed by atoms with van der Waals surface area (Å²) in [6, 6.07) is 9.13. The average molecular weight is 371 g/mol. The topological polar surface area (TPSA) is 67.1 Å². The van der Waals surface area contributed by atoms with E-state index in [1.165, 1.54) is 11.1 Å². The highest BCUT2D eigenvalue weighted by molar-refractivity contribution is 5.80. The Morgan fingerprint density at radius 1 is 1.07 bits per heavy atom. The summed E-state index contributed by atoms with van der Waals surface area (Å²) in [4.78, 5) is 4.71. The van der Waals surface area contributed by atoms with Crippen molar-refractivity contribution >= 4 is 5.96 Å². The van der Waals surface area contributed by atoms with Crippen molar-refractivity contribution < 1.29 is 0 Å². The summed E-state index contributed by atoms with van der Waals surface area (Å²) in [5.41, 5.74) is 2.68. The average Bonchev–Trinajstić information content (AvgIpc) is 3.15. The molecule has 0 saturated carbocycles. The first-order valence-corrected chi connectivity index (χ1v) is 10.0. The fourth-order valence-electron chi connectivity index (χ4n) is 2.96. The third-order valence-corrected chi connectivity index (χ3v) is 4.38. The first-order chi connectivity index (χ1) is 13.1. The Balaban J connectivity index is 1.82. The summed E-state index contributed by atoms with van der Waals surface area (Å²) >= 11 is 0. The Hall–Kier alpha value is -2.37. The number of aliphatic imine (C=N–C) groups is 1. The van der Waals surface area contributed by atoms with E-state index in [9.17, 15) is 0 Å². The van der Waals surface area contributed by atoms with Crippen molar-refractivity contribution in [2.24, 2.45) is 10.9 Å². The molecule has 0 saturated heterocycles. The lowest BCUT2D eigenvalue weighted by Gasteiger charge is -2.18. The van der Waals surface area contributed by atoms with Crippen LogP contribution in [0.4, 0.5) is 0 Å². The number of hydrogen-bond acceptors (Lipinski definition) is 3. The predicted molar refractivity (Wildman–Crippen MR) is 112 cm³/mol. The Morgan fingerprint density at radius 2 is 1.78 bits per heavy atom. The predicted octanol–water partition coefficient (Wildman–Crippen LogP) is 3.57. The fraction of sp³-hybridized carbons (Fsp3) is 0.571.